The summed E-state index contributed by atoms with van der Waals surface area (Å²) in [7, 11) is 1.89. The van der Waals surface area contributed by atoms with E-state index in [0.717, 1.165) is 52.9 Å². The summed E-state index contributed by atoms with van der Waals surface area (Å²) in [5.41, 5.74) is 2.04. The second-order valence-electron chi connectivity index (χ2n) is 14.3. The van der Waals surface area contributed by atoms with Crippen LogP contribution in [0.4, 0.5) is 49.2 Å². The van der Waals surface area contributed by atoms with Gasteiger partial charge in [-0.1, -0.05) is 11.6 Å². The Morgan fingerprint density at radius 1 is 0.931 bits per heavy atom. The quantitative estimate of drug-likeness (QED) is 0.130. The highest BCUT2D eigenvalue weighted by atomic mass is 35.5. The molecule has 0 saturated carbocycles. The molecule has 58 heavy (non-hydrogen) atoms. The Balaban J connectivity index is 0.000000177. The lowest BCUT2D eigenvalue weighted by Crippen LogP contribution is -2.59. The van der Waals surface area contributed by atoms with Crippen LogP contribution >= 0.6 is 22.9 Å². The molecule has 17 heteroatoms. The highest BCUT2D eigenvalue weighted by Gasteiger charge is 2.45. The minimum absolute atomic E-state index is 0.0705. The number of aromatic nitrogens is 1. The highest BCUT2D eigenvalue weighted by molar-refractivity contribution is 7.17. The van der Waals surface area contributed by atoms with Crippen molar-refractivity contribution in [2.24, 2.45) is 5.41 Å². The van der Waals surface area contributed by atoms with E-state index in [2.05, 4.69) is 15.6 Å². The van der Waals surface area contributed by atoms with Crippen LogP contribution in [-0.2, 0) is 17.3 Å². The molecule has 5 heterocycles. The number of amides is 2. The van der Waals surface area contributed by atoms with Gasteiger partial charge in [-0.15, -0.1) is 11.3 Å². The van der Waals surface area contributed by atoms with Gasteiger partial charge in [-0.2, -0.15) is 13.2 Å². The zero-order valence-electron chi connectivity index (χ0n) is 30.7. The number of anilines is 4. The minimum Gasteiger partial charge on any atom is -0.381 e. The van der Waals surface area contributed by atoms with Crippen molar-refractivity contribution in [3.63, 3.8) is 0 Å². The SMILES string of the molecule is CN1CCc2cc(C(=O)Nc3c(F)cc(F)cc3Cl)sc2-c2ccc(F)cc21.O=Cc1ccc(NC(=O)c2cc(C(F)(F)F)cnc2N2CC3(CCOCC3)C2)cc1. The maximum absolute atomic E-state index is 14.0. The predicted molar refractivity (Wildman–Crippen MR) is 210 cm³/mol. The van der Waals surface area contributed by atoms with Gasteiger partial charge in [0.2, 0.25) is 0 Å². The number of pyridine rings is 1. The van der Waals surface area contributed by atoms with E-state index >= 15 is 0 Å². The first-order valence-electron chi connectivity index (χ1n) is 18.0. The van der Waals surface area contributed by atoms with Crippen LogP contribution in [0.15, 0.2) is 72.9 Å². The number of benzene rings is 3. The first-order chi connectivity index (χ1) is 27.6. The van der Waals surface area contributed by atoms with Crippen LogP contribution in [0.25, 0.3) is 10.4 Å². The Morgan fingerprint density at radius 2 is 1.66 bits per heavy atom. The Hall–Kier alpha value is -5.45. The van der Waals surface area contributed by atoms with Gasteiger partial charge in [0.1, 0.15) is 23.7 Å². The van der Waals surface area contributed by atoms with Gasteiger partial charge in [0.05, 0.1) is 26.7 Å². The summed E-state index contributed by atoms with van der Waals surface area (Å²) < 4.78 is 85.9. The number of alkyl halides is 3. The van der Waals surface area contributed by atoms with Crippen molar-refractivity contribution in [3.8, 4) is 10.4 Å². The predicted octanol–water partition coefficient (Wildman–Crippen LogP) is 9.51. The molecule has 9 nitrogen and oxygen atoms in total. The van der Waals surface area contributed by atoms with Crippen molar-refractivity contribution < 1.29 is 45.5 Å². The van der Waals surface area contributed by atoms with Gasteiger partial charge >= 0.3 is 6.18 Å². The number of fused-ring (bicyclic) bond motifs is 3. The van der Waals surface area contributed by atoms with Gasteiger partial charge in [0.25, 0.3) is 11.8 Å². The summed E-state index contributed by atoms with van der Waals surface area (Å²) in [6.07, 6.45) is -0.736. The fraction of sp³-hybridized carbons (Fsp3) is 0.268. The molecule has 0 atom stereocenters. The van der Waals surface area contributed by atoms with Crippen molar-refractivity contribution >= 4 is 63.9 Å². The molecule has 8 rings (SSSR count). The lowest BCUT2D eigenvalue weighted by atomic mass is 9.73. The van der Waals surface area contributed by atoms with Crippen molar-refractivity contribution in [2.45, 2.75) is 25.4 Å². The van der Waals surface area contributed by atoms with Crippen LogP contribution in [0.1, 0.15) is 54.4 Å². The molecule has 2 amide bonds. The molecule has 3 aromatic carbocycles. The summed E-state index contributed by atoms with van der Waals surface area (Å²) >= 11 is 7.10. The maximum Gasteiger partial charge on any atom is 0.417 e. The molecule has 0 bridgehead atoms. The van der Waals surface area contributed by atoms with Crippen molar-refractivity contribution in [2.75, 3.05) is 60.3 Å². The molecule has 3 aliphatic heterocycles. The molecule has 2 saturated heterocycles. The second kappa shape index (κ2) is 16.4. The molecule has 0 aliphatic carbocycles. The van der Waals surface area contributed by atoms with Crippen molar-refractivity contribution in [3.05, 3.63) is 123 Å². The van der Waals surface area contributed by atoms with Gasteiger partial charge < -0.3 is 25.2 Å². The fourth-order valence-corrected chi connectivity index (χ4v) is 8.50. The largest absolute Gasteiger partial charge is 0.417 e. The van der Waals surface area contributed by atoms with Crippen LogP contribution in [0, 0.1) is 22.9 Å². The van der Waals surface area contributed by atoms with Crippen LogP contribution < -0.4 is 20.4 Å². The first kappa shape index (κ1) is 40.7. The van der Waals surface area contributed by atoms with Crippen LogP contribution in [0.3, 0.4) is 0 Å². The topological polar surface area (TPSA) is 104 Å². The summed E-state index contributed by atoms with van der Waals surface area (Å²) in [5.74, 6) is -3.08. The monoisotopic (exact) mass is 841 g/mol. The molecule has 5 aromatic rings. The van der Waals surface area contributed by atoms with E-state index in [9.17, 15) is 40.7 Å². The number of thiophene rings is 1. The second-order valence-corrected chi connectivity index (χ2v) is 15.7. The fourth-order valence-electron chi connectivity index (χ4n) is 7.12. The Kier molecular flexibility index (Phi) is 11.5. The van der Waals surface area contributed by atoms with E-state index in [1.54, 1.807) is 12.1 Å². The van der Waals surface area contributed by atoms with E-state index in [-0.39, 0.29) is 33.3 Å². The van der Waals surface area contributed by atoms with Gasteiger partial charge in [-0.05, 0) is 85.5 Å². The average molecular weight is 842 g/mol. The molecule has 2 aromatic heterocycles. The molecule has 2 N–H and O–H groups in total. The molecule has 0 radical (unpaired) electrons. The molecular formula is C41H34ClF6N5O4S. The van der Waals surface area contributed by atoms with Gasteiger partial charge in [-0.3, -0.25) is 14.4 Å². The third-order valence-electron chi connectivity index (χ3n) is 10.3. The van der Waals surface area contributed by atoms with Crippen molar-refractivity contribution in [1.82, 2.24) is 4.98 Å². The van der Waals surface area contributed by atoms with Crippen molar-refractivity contribution in [1.29, 1.82) is 0 Å². The van der Waals surface area contributed by atoms with E-state index in [4.69, 9.17) is 16.3 Å². The highest BCUT2D eigenvalue weighted by Crippen LogP contribution is 2.44. The van der Waals surface area contributed by atoms with Gasteiger partial charge in [0.15, 0.2) is 5.82 Å². The summed E-state index contributed by atoms with van der Waals surface area (Å²) in [6, 6.07) is 14.8. The van der Waals surface area contributed by atoms with E-state index in [0.29, 0.717) is 67.7 Å². The Labute approximate surface area is 337 Å². The first-order valence-corrected chi connectivity index (χ1v) is 19.2. The number of likely N-dealkylation sites (N-methyl/N-ethyl adjacent to an activating group) is 1. The standard InChI is InChI=1S/C21H20F3N3O3.C20H14ClF3N2OS/c22-21(23,24)15-9-17(19(29)26-16-3-1-14(11-28)2-4-16)18(25-10-15)27-12-20(13-27)5-7-30-8-6-20;1-26-5-4-10-6-17(28-19(10)13-3-2-11(22)9-16(13)26)20(27)25-18-14(21)7-12(23)8-15(18)24/h1-4,9-11H,5-8,12-13H2,(H,26,29);2-3,6-9H,4-5H2,1H3,(H,25,27). The molecule has 0 unspecified atom stereocenters. The third kappa shape index (κ3) is 8.68. The zero-order chi connectivity index (χ0) is 41.4. The minimum atomic E-state index is -4.61. The van der Waals surface area contributed by atoms with Crippen LogP contribution in [0.5, 0.6) is 0 Å². The zero-order valence-corrected chi connectivity index (χ0v) is 32.3. The van der Waals surface area contributed by atoms with E-state index in [1.165, 1.54) is 47.7 Å². The molecule has 1 spiro atoms. The molecule has 302 valence electrons. The number of hydrogen-bond acceptors (Lipinski definition) is 8. The Bertz CT molecular complexity index is 2350. The maximum atomic E-state index is 14.0. The molecule has 3 aliphatic rings. The van der Waals surface area contributed by atoms with Gasteiger partial charge in [0, 0.05) is 85.0 Å². The van der Waals surface area contributed by atoms with Gasteiger partial charge in [-0.25, -0.2) is 18.2 Å². The van der Waals surface area contributed by atoms with Crippen LogP contribution in [-0.4, -0.2) is 63.0 Å². The third-order valence-corrected chi connectivity index (χ3v) is 11.8. The number of nitrogens with one attached hydrogen (secondary N) is 2. The number of halogens is 7. The summed E-state index contributed by atoms with van der Waals surface area (Å²) in [4.78, 5) is 45.3. The van der Waals surface area contributed by atoms with E-state index < -0.39 is 35.2 Å². The summed E-state index contributed by atoms with van der Waals surface area (Å²) in [6.45, 7) is 3.25. The Morgan fingerprint density at radius 3 is 2.33 bits per heavy atom. The number of carbonyl (C=O) groups is 3. The average Bonchev–Trinajstić information content (AvgIpc) is 3.56. The number of ether oxygens (including phenoxy) is 1. The number of carbonyl (C=O) groups excluding carboxylic acids is 3. The lowest BCUT2D eigenvalue weighted by Gasteiger charge is -2.53. The molecule has 2 fully saturated rings. The molecular weight excluding hydrogens is 808 g/mol. The van der Waals surface area contributed by atoms with E-state index in [1.807, 2.05) is 16.8 Å². The number of nitrogens with zero attached hydrogens (tertiary/aromatic N) is 3. The number of rotatable bonds is 6. The lowest BCUT2D eigenvalue weighted by molar-refractivity contribution is -0.137. The smallest absolute Gasteiger partial charge is 0.381 e. The number of hydrogen-bond donors (Lipinski definition) is 2. The normalized spacial score (nSPS) is 15.6. The summed E-state index contributed by atoms with van der Waals surface area (Å²) in [5, 5.41) is 4.79. The van der Waals surface area contributed by atoms with Crippen LogP contribution in [0.2, 0.25) is 5.02 Å². The number of aldehydes is 1.